The van der Waals surface area contributed by atoms with E-state index in [1.165, 1.54) is 17.4 Å². The van der Waals surface area contributed by atoms with Crippen molar-refractivity contribution >= 4 is 34.1 Å². The summed E-state index contributed by atoms with van der Waals surface area (Å²) in [7, 11) is 0. The van der Waals surface area contributed by atoms with Crippen LogP contribution in [0.2, 0.25) is 0 Å². The van der Waals surface area contributed by atoms with Crippen molar-refractivity contribution in [1.82, 2.24) is 0 Å². The molecule has 1 nitrogen and oxygen atoms in total. The molecule has 0 saturated heterocycles. The molecule has 0 bridgehead atoms. The number of halogens is 2. The minimum absolute atomic E-state index is 0.341. The molecule has 74 valence electrons. The Labute approximate surface area is 88.4 Å². The van der Waals surface area contributed by atoms with Gasteiger partial charge in [0.25, 0.3) is 6.43 Å². The van der Waals surface area contributed by atoms with E-state index in [1.54, 1.807) is 11.4 Å². The highest BCUT2D eigenvalue weighted by Crippen LogP contribution is 2.40. The van der Waals surface area contributed by atoms with Crippen LogP contribution in [0, 0.1) is 0 Å². The third kappa shape index (κ3) is 1.36. The molecule has 5 heteroatoms. The molecule has 1 aromatic carbocycles. The van der Waals surface area contributed by atoms with Gasteiger partial charge in [-0.2, -0.15) is 0 Å². The average Bonchev–Trinajstić information content (AvgIpc) is 2.48. The number of alkyl halides is 2. The molecule has 2 aromatic rings. The van der Waals surface area contributed by atoms with Crippen LogP contribution < -0.4 is 0 Å². The van der Waals surface area contributed by atoms with Gasteiger partial charge in [0.15, 0.2) is 0 Å². The lowest BCUT2D eigenvalue weighted by Gasteiger charge is -2.04. The Balaban J connectivity index is 2.79. The highest BCUT2D eigenvalue weighted by atomic mass is 32.1. The highest BCUT2D eigenvalue weighted by molar-refractivity contribution is 7.80. The molecule has 0 aliphatic heterocycles. The van der Waals surface area contributed by atoms with Crippen molar-refractivity contribution in [2.75, 3.05) is 0 Å². The maximum absolute atomic E-state index is 12.4. The Morgan fingerprint density at radius 3 is 2.71 bits per heavy atom. The van der Waals surface area contributed by atoms with Crippen LogP contribution >= 0.6 is 24.0 Å². The summed E-state index contributed by atoms with van der Waals surface area (Å²) in [4.78, 5) is 0.532. The van der Waals surface area contributed by atoms with E-state index in [0.717, 1.165) is 4.70 Å². The van der Waals surface area contributed by atoms with Crippen LogP contribution in [0.3, 0.4) is 0 Å². The molecule has 14 heavy (non-hydrogen) atoms. The molecule has 1 N–H and O–H groups in total. The summed E-state index contributed by atoms with van der Waals surface area (Å²) in [6, 6.07) is 2.81. The van der Waals surface area contributed by atoms with E-state index in [4.69, 9.17) is 0 Å². The lowest BCUT2D eigenvalue weighted by molar-refractivity contribution is 0.148. The number of phenols is 1. The van der Waals surface area contributed by atoms with Gasteiger partial charge in [-0.25, -0.2) is 8.78 Å². The van der Waals surface area contributed by atoms with Crippen LogP contribution in [0.4, 0.5) is 8.78 Å². The van der Waals surface area contributed by atoms with Gasteiger partial charge in [0, 0.05) is 20.4 Å². The van der Waals surface area contributed by atoms with E-state index < -0.39 is 6.43 Å². The van der Waals surface area contributed by atoms with Gasteiger partial charge >= 0.3 is 0 Å². The number of hydrogen-bond acceptors (Lipinski definition) is 3. The molecule has 0 aliphatic carbocycles. The Kier molecular flexibility index (Phi) is 2.36. The van der Waals surface area contributed by atoms with Crippen molar-refractivity contribution in [3.05, 3.63) is 23.1 Å². The highest BCUT2D eigenvalue weighted by Gasteiger charge is 2.16. The molecule has 1 aromatic heterocycles. The summed E-state index contributed by atoms with van der Waals surface area (Å²) in [5.74, 6) is -0.358. The summed E-state index contributed by atoms with van der Waals surface area (Å²) in [5, 5.41) is 11.7. The van der Waals surface area contributed by atoms with Gasteiger partial charge in [0.1, 0.15) is 5.75 Å². The predicted molar refractivity (Wildman–Crippen MR) is 55.7 cm³/mol. The lowest BCUT2D eigenvalue weighted by Crippen LogP contribution is -1.84. The molecular formula is C9H6F2OS2. The third-order valence-corrected chi connectivity index (χ3v) is 3.43. The smallest absolute Gasteiger partial charge is 0.267 e. The van der Waals surface area contributed by atoms with Crippen molar-refractivity contribution < 1.29 is 13.9 Å². The first-order chi connectivity index (χ1) is 6.61. The van der Waals surface area contributed by atoms with Crippen molar-refractivity contribution in [1.29, 1.82) is 0 Å². The molecule has 0 radical (unpaired) electrons. The first-order valence-electron chi connectivity index (χ1n) is 3.81. The predicted octanol–water partition coefficient (Wildman–Crippen LogP) is 3.83. The number of thiol groups is 1. The lowest BCUT2D eigenvalue weighted by atomic mass is 10.1. The molecule has 0 unspecified atom stereocenters. The van der Waals surface area contributed by atoms with Gasteiger partial charge in [-0.15, -0.1) is 24.0 Å². The van der Waals surface area contributed by atoms with Crippen LogP contribution in [0.25, 0.3) is 10.1 Å². The van der Waals surface area contributed by atoms with Gasteiger partial charge < -0.3 is 5.11 Å². The fourth-order valence-corrected chi connectivity index (χ4v) is 2.58. The third-order valence-electron chi connectivity index (χ3n) is 1.96. The molecule has 0 aliphatic rings. The fraction of sp³-hybridized carbons (Fsp3) is 0.111. The number of hydrogen-bond donors (Lipinski definition) is 2. The standard InChI is InChI=1S/C9H6F2OS2/c10-9(11)4-1-2-6-7(8(4)12)5(13)3-14-6/h1-3,9,12-13H. The first kappa shape index (κ1) is 9.73. The number of benzene rings is 1. The first-order valence-corrected chi connectivity index (χ1v) is 5.14. The zero-order valence-electron chi connectivity index (χ0n) is 6.87. The molecule has 0 spiro atoms. The maximum atomic E-state index is 12.4. The second-order valence-corrected chi connectivity index (χ2v) is 4.19. The maximum Gasteiger partial charge on any atom is 0.267 e. The van der Waals surface area contributed by atoms with E-state index in [0.29, 0.717) is 10.3 Å². The molecule has 1 heterocycles. The van der Waals surface area contributed by atoms with Gasteiger partial charge in [0.05, 0.1) is 5.56 Å². The Bertz CT molecular complexity index is 479. The van der Waals surface area contributed by atoms with Crippen molar-refractivity contribution in [3.63, 3.8) is 0 Å². The molecule has 0 atom stereocenters. The quantitative estimate of drug-likeness (QED) is 0.716. The Morgan fingerprint density at radius 2 is 2.07 bits per heavy atom. The SMILES string of the molecule is Oc1c(C(F)F)ccc2scc(S)c12. The average molecular weight is 232 g/mol. The van der Waals surface area contributed by atoms with Crippen molar-refractivity contribution in [2.24, 2.45) is 0 Å². The van der Waals surface area contributed by atoms with Crippen LogP contribution in [0.15, 0.2) is 22.4 Å². The summed E-state index contributed by atoms with van der Waals surface area (Å²) in [6.07, 6.45) is -2.66. The molecule has 0 fully saturated rings. The molecule has 0 saturated carbocycles. The number of aromatic hydroxyl groups is 1. The summed E-state index contributed by atoms with van der Waals surface area (Å²) >= 11 is 5.46. The fourth-order valence-electron chi connectivity index (χ4n) is 1.29. The Hall–Kier alpha value is -0.810. The normalized spacial score (nSPS) is 11.4. The van der Waals surface area contributed by atoms with Crippen molar-refractivity contribution in [3.8, 4) is 5.75 Å². The van der Waals surface area contributed by atoms with Gasteiger partial charge in [-0.1, -0.05) is 0 Å². The molecule has 0 amide bonds. The minimum Gasteiger partial charge on any atom is -0.507 e. The minimum atomic E-state index is -2.66. The van der Waals surface area contributed by atoms with Crippen LogP contribution in [0.5, 0.6) is 5.75 Å². The van der Waals surface area contributed by atoms with Gasteiger partial charge in [-0.05, 0) is 12.1 Å². The topological polar surface area (TPSA) is 20.2 Å². The Morgan fingerprint density at radius 1 is 1.36 bits per heavy atom. The number of thiophene rings is 1. The zero-order valence-corrected chi connectivity index (χ0v) is 8.58. The van der Waals surface area contributed by atoms with E-state index in [2.05, 4.69) is 12.6 Å². The van der Waals surface area contributed by atoms with Crippen LogP contribution in [-0.2, 0) is 0 Å². The number of rotatable bonds is 1. The van der Waals surface area contributed by atoms with Crippen LogP contribution in [0.1, 0.15) is 12.0 Å². The summed E-state index contributed by atoms with van der Waals surface area (Å²) < 4.78 is 25.6. The number of phenolic OH excluding ortho intramolecular Hbond substituents is 1. The number of fused-ring (bicyclic) bond motifs is 1. The van der Waals surface area contributed by atoms with E-state index in [9.17, 15) is 13.9 Å². The van der Waals surface area contributed by atoms with Gasteiger partial charge in [0.2, 0.25) is 0 Å². The largest absolute Gasteiger partial charge is 0.507 e. The molecular weight excluding hydrogens is 226 g/mol. The summed E-state index contributed by atoms with van der Waals surface area (Å²) in [6.45, 7) is 0. The van der Waals surface area contributed by atoms with Crippen LogP contribution in [-0.4, -0.2) is 5.11 Å². The second kappa shape index (κ2) is 3.40. The zero-order chi connectivity index (χ0) is 10.3. The van der Waals surface area contributed by atoms with E-state index >= 15 is 0 Å². The summed E-state index contributed by atoms with van der Waals surface area (Å²) in [5.41, 5.74) is -0.341. The van der Waals surface area contributed by atoms with Crippen molar-refractivity contribution in [2.45, 2.75) is 11.3 Å². The van der Waals surface area contributed by atoms with E-state index in [-0.39, 0.29) is 11.3 Å². The second-order valence-electron chi connectivity index (χ2n) is 2.80. The molecule has 2 rings (SSSR count). The monoisotopic (exact) mass is 232 g/mol. The van der Waals surface area contributed by atoms with E-state index in [1.807, 2.05) is 0 Å². The van der Waals surface area contributed by atoms with Gasteiger partial charge in [-0.3, -0.25) is 0 Å².